The lowest BCUT2D eigenvalue weighted by Gasteiger charge is -2.29. The lowest BCUT2D eigenvalue weighted by Crippen LogP contribution is -2.42. The molecular weight excluding hydrogens is 324 g/mol. The lowest BCUT2D eigenvalue weighted by molar-refractivity contribution is 0.0202. The van der Waals surface area contributed by atoms with Crippen LogP contribution in [-0.2, 0) is 9.47 Å². The molecule has 2 N–H and O–H groups in total. The van der Waals surface area contributed by atoms with E-state index in [9.17, 15) is 9.59 Å². The van der Waals surface area contributed by atoms with Crippen molar-refractivity contribution in [3.05, 3.63) is 18.3 Å². The number of nitrogen functional groups attached to an aromatic ring is 1. The van der Waals surface area contributed by atoms with Crippen LogP contribution in [-0.4, -0.2) is 53.9 Å². The van der Waals surface area contributed by atoms with Gasteiger partial charge in [0.15, 0.2) is 0 Å². The molecule has 0 atom stereocenters. The molecule has 2 amide bonds. The van der Waals surface area contributed by atoms with Crippen molar-refractivity contribution in [3.8, 4) is 0 Å². The molecule has 8 heteroatoms. The molecule has 2 heterocycles. The topological polar surface area (TPSA) is 98.0 Å². The molecule has 138 valence electrons. The minimum absolute atomic E-state index is 0.108. The van der Waals surface area contributed by atoms with Crippen molar-refractivity contribution in [2.45, 2.75) is 39.2 Å². The number of aromatic nitrogens is 1. The second-order valence-corrected chi connectivity index (χ2v) is 6.88. The fourth-order valence-electron chi connectivity index (χ4n) is 2.40. The molecule has 8 nitrogen and oxygen atoms in total. The molecule has 1 aromatic rings. The molecule has 0 spiro atoms. The Hall–Kier alpha value is -2.51. The third-order valence-corrected chi connectivity index (χ3v) is 3.60. The second kappa shape index (κ2) is 8.04. The number of nitrogens with two attached hydrogens (primary N) is 1. The van der Waals surface area contributed by atoms with Gasteiger partial charge in [0, 0.05) is 13.1 Å². The van der Waals surface area contributed by atoms with E-state index in [1.807, 2.05) is 20.8 Å². The van der Waals surface area contributed by atoms with Crippen molar-refractivity contribution in [2.75, 3.05) is 36.9 Å². The van der Waals surface area contributed by atoms with Gasteiger partial charge in [-0.2, -0.15) is 0 Å². The van der Waals surface area contributed by atoms with Gasteiger partial charge in [0.2, 0.25) is 0 Å². The molecule has 1 fully saturated rings. The maximum absolute atomic E-state index is 12.3. The van der Waals surface area contributed by atoms with Gasteiger partial charge in [-0.1, -0.05) is 0 Å². The number of nitrogens with zero attached hydrogens (tertiary/aromatic N) is 3. The summed E-state index contributed by atoms with van der Waals surface area (Å²) in [6, 6.07) is 3.38. The Labute approximate surface area is 147 Å². The standard InChI is InChI=1S/C17H26N4O4/c1-17(2,3)25-15(22)20-8-4-5-9-21(16(23)24-11-10-20)13-6-7-14(18)19-12-13/h6-7,12H,4-5,8-11H2,1-3H3,(H2,18,19). The summed E-state index contributed by atoms with van der Waals surface area (Å²) in [4.78, 5) is 31.7. The summed E-state index contributed by atoms with van der Waals surface area (Å²) in [6.45, 7) is 6.92. The van der Waals surface area contributed by atoms with Crippen LogP contribution >= 0.6 is 0 Å². The number of hydrogen-bond acceptors (Lipinski definition) is 6. The molecule has 1 saturated heterocycles. The Morgan fingerprint density at radius 3 is 2.60 bits per heavy atom. The van der Waals surface area contributed by atoms with E-state index in [4.69, 9.17) is 15.2 Å². The van der Waals surface area contributed by atoms with Crippen LogP contribution in [0, 0.1) is 0 Å². The minimum Gasteiger partial charge on any atom is -0.447 e. The largest absolute Gasteiger partial charge is 0.447 e. The first kappa shape index (κ1) is 18.8. The van der Waals surface area contributed by atoms with Crippen LogP contribution in [0.25, 0.3) is 0 Å². The molecular formula is C17H26N4O4. The normalized spacial score (nSPS) is 17.0. The predicted molar refractivity (Wildman–Crippen MR) is 94.4 cm³/mol. The molecule has 2 rings (SSSR count). The van der Waals surface area contributed by atoms with Crippen LogP contribution in [0.15, 0.2) is 18.3 Å². The smallest absolute Gasteiger partial charge is 0.414 e. The third kappa shape index (κ3) is 5.81. The van der Waals surface area contributed by atoms with Crippen molar-refractivity contribution in [2.24, 2.45) is 0 Å². The highest BCUT2D eigenvalue weighted by Crippen LogP contribution is 2.17. The van der Waals surface area contributed by atoms with Crippen molar-refractivity contribution >= 4 is 23.7 Å². The van der Waals surface area contributed by atoms with E-state index in [2.05, 4.69) is 4.98 Å². The predicted octanol–water partition coefficient (Wildman–Crippen LogP) is 2.64. The van der Waals surface area contributed by atoms with Crippen LogP contribution in [0.3, 0.4) is 0 Å². The zero-order valence-corrected chi connectivity index (χ0v) is 15.0. The van der Waals surface area contributed by atoms with Gasteiger partial charge in [0.25, 0.3) is 0 Å². The van der Waals surface area contributed by atoms with E-state index in [-0.39, 0.29) is 12.7 Å². The van der Waals surface area contributed by atoms with Gasteiger partial charge < -0.3 is 20.1 Å². The number of amides is 2. The summed E-state index contributed by atoms with van der Waals surface area (Å²) in [6.07, 6.45) is 2.18. The highest BCUT2D eigenvalue weighted by Gasteiger charge is 2.24. The second-order valence-electron chi connectivity index (χ2n) is 6.88. The molecule has 0 unspecified atom stereocenters. The molecule has 1 aliphatic rings. The Balaban J connectivity index is 1.99. The molecule has 0 saturated carbocycles. The molecule has 25 heavy (non-hydrogen) atoms. The van der Waals surface area contributed by atoms with Gasteiger partial charge in [0.05, 0.1) is 18.4 Å². The first-order valence-corrected chi connectivity index (χ1v) is 8.40. The quantitative estimate of drug-likeness (QED) is 0.836. The van der Waals surface area contributed by atoms with E-state index in [0.717, 1.165) is 12.8 Å². The van der Waals surface area contributed by atoms with Gasteiger partial charge in [-0.3, -0.25) is 4.90 Å². The zero-order chi connectivity index (χ0) is 18.4. The number of carbonyl (C=O) groups excluding carboxylic acids is 2. The summed E-state index contributed by atoms with van der Waals surface area (Å²) in [5.74, 6) is 0.395. The summed E-state index contributed by atoms with van der Waals surface area (Å²) >= 11 is 0. The van der Waals surface area contributed by atoms with Crippen molar-refractivity contribution in [3.63, 3.8) is 0 Å². The van der Waals surface area contributed by atoms with Crippen molar-refractivity contribution < 1.29 is 19.1 Å². The van der Waals surface area contributed by atoms with E-state index >= 15 is 0 Å². The van der Waals surface area contributed by atoms with Crippen molar-refractivity contribution in [1.82, 2.24) is 9.88 Å². The van der Waals surface area contributed by atoms with Crippen LogP contribution in [0.4, 0.5) is 21.1 Å². The number of pyridine rings is 1. The maximum Gasteiger partial charge on any atom is 0.414 e. The third-order valence-electron chi connectivity index (χ3n) is 3.60. The Kier molecular flexibility index (Phi) is 6.06. The summed E-state index contributed by atoms with van der Waals surface area (Å²) in [5, 5.41) is 0. The molecule has 0 bridgehead atoms. The maximum atomic E-state index is 12.3. The first-order chi connectivity index (χ1) is 11.8. The number of anilines is 2. The number of cyclic esters (lactones) is 1. The van der Waals surface area contributed by atoms with Crippen LogP contribution in [0.1, 0.15) is 33.6 Å². The highest BCUT2D eigenvalue weighted by atomic mass is 16.6. The van der Waals surface area contributed by atoms with Crippen LogP contribution in [0.5, 0.6) is 0 Å². The molecule has 0 aromatic carbocycles. The summed E-state index contributed by atoms with van der Waals surface area (Å²) in [5.41, 5.74) is 5.67. The first-order valence-electron chi connectivity index (χ1n) is 8.40. The van der Waals surface area contributed by atoms with Gasteiger partial charge in [0.1, 0.15) is 18.0 Å². The number of ether oxygens (including phenoxy) is 2. The Morgan fingerprint density at radius 2 is 1.96 bits per heavy atom. The van der Waals surface area contributed by atoms with Crippen LogP contribution in [0.2, 0.25) is 0 Å². The molecule has 1 aromatic heterocycles. The number of hydrogen-bond donors (Lipinski definition) is 1. The SMILES string of the molecule is CC(C)(C)OC(=O)N1CCCCN(c2ccc(N)nc2)C(=O)OCC1. The number of rotatable bonds is 1. The van der Waals surface area contributed by atoms with E-state index in [1.54, 1.807) is 23.2 Å². The molecule has 1 aliphatic heterocycles. The fourth-order valence-corrected chi connectivity index (χ4v) is 2.40. The molecule has 0 radical (unpaired) electrons. The summed E-state index contributed by atoms with van der Waals surface area (Å²) in [7, 11) is 0. The minimum atomic E-state index is -0.554. The lowest BCUT2D eigenvalue weighted by atomic mass is 10.2. The van der Waals surface area contributed by atoms with Gasteiger partial charge >= 0.3 is 12.2 Å². The van der Waals surface area contributed by atoms with Crippen molar-refractivity contribution in [1.29, 1.82) is 0 Å². The van der Waals surface area contributed by atoms with E-state index in [1.165, 1.54) is 4.90 Å². The average Bonchev–Trinajstić information content (AvgIpc) is 2.52. The van der Waals surface area contributed by atoms with Crippen LogP contribution < -0.4 is 10.6 Å². The van der Waals surface area contributed by atoms with Gasteiger partial charge in [-0.05, 0) is 45.7 Å². The number of carbonyl (C=O) groups is 2. The fraction of sp³-hybridized carbons (Fsp3) is 0.588. The zero-order valence-electron chi connectivity index (χ0n) is 15.0. The van der Waals surface area contributed by atoms with E-state index < -0.39 is 11.7 Å². The average molecular weight is 350 g/mol. The monoisotopic (exact) mass is 350 g/mol. The Bertz CT molecular complexity index is 598. The summed E-state index contributed by atoms with van der Waals surface area (Å²) < 4.78 is 10.7. The van der Waals surface area contributed by atoms with Gasteiger partial charge in [-0.25, -0.2) is 14.6 Å². The van der Waals surface area contributed by atoms with Gasteiger partial charge in [-0.15, -0.1) is 0 Å². The van der Waals surface area contributed by atoms with E-state index in [0.29, 0.717) is 31.1 Å². The Morgan fingerprint density at radius 1 is 1.24 bits per heavy atom. The molecule has 0 aliphatic carbocycles. The highest BCUT2D eigenvalue weighted by molar-refractivity contribution is 5.87.